The zero-order valence-corrected chi connectivity index (χ0v) is 12.3. The van der Waals surface area contributed by atoms with Crippen LogP contribution in [0.4, 0.5) is 0 Å². The smallest absolute Gasteiger partial charge is 0.167 e. The Morgan fingerprint density at radius 2 is 1.71 bits per heavy atom. The third-order valence-corrected chi connectivity index (χ3v) is 3.76. The second-order valence-corrected chi connectivity index (χ2v) is 5.35. The molecule has 0 fully saturated rings. The van der Waals surface area contributed by atoms with Crippen LogP contribution in [0.15, 0.2) is 54.6 Å². The van der Waals surface area contributed by atoms with E-state index in [1.165, 1.54) is 0 Å². The van der Waals surface area contributed by atoms with Gasteiger partial charge in [-0.25, -0.2) is 0 Å². The molecule has 0 bridgehead atoms. The highest BCUT2D eigenvalue weighted by Crippen LogP contribution is 2.20. The summed E-state index contributed by atoms with van der Waals surface area (Å²) in [6.45, 7) is 3.97. The van der Waals surface area contributed by atoms with Crippen LogP contribution in [-0.2, 0) is 6.42 Å². The van der Waals surface area contributed by atoms with E-state index in [1.54, 1.807) is 0 Å². The number of carbonyl (C=O) groups excluding carboxylic acids is 1. The fourth-order valence-corrected chi connectivity index (χ4v) is 2.62. The highest BCUT2D eigenvalue weighted by molar-refractivity contribution is 6.08. The standard InChI is InChI=1S/C19H17NO/c1-13-7-3-4-8-15(13)12-19(21)17-11-14(2)20-18-10-6-5-9-16(17)18/h3-11H,12H2,1-2H3. The monoisotopic (exact) mass is 275 g/mol. The van der Waals surface area contributed by atoms with Gasteiger partial charge in [0.2, 0.25) is 0 Å². The zero-order chi connectivity index (χ0) is 14.8. The Morgan fingerprint density at radius 1 is 1.00 bits per heavy atom. The normalized spacial score (nSPS) is 10.8. The Hall–Kier alpha value is -2.48. The van der Waals surface area contributed by atoms with E-state index in [2.05, 4.69) is 4.98 Å². The summed E-state index contributed by atoms with van der Waals surface area (Å²) in [6, 6.07) is 17.7. The van der Waals surface area contributed by atoms with Crippen LogP contribution in [-0.4, -0.2) is 10.8 Å². The second kappa shape index (κ2) is 5.49. The minimum absolute atomic E-state index is 0.144. The first kappa shape index (κ1) is 13.5. The van der Waals surface area contributed by atoms with Crippen molar-refractivity contribution in [2.75, 3.05) is 0 Å². The summed E-state index contributed by atoms with van der Waals surface area (Å²) in [5, 5.41) is 0.932. The predicted molar refractivity (Wildman–Crippen MR) is 85.7 cm³/mol. The van der Waals surface area contributed by atoms with Gasteiger partial charge in [0, 0.05) is 23.1 Å². The molecular weight excluding hydrogens is 258 g/mol. The number of hydrogen-bond donors (Lipinski definition) is 0. The first-order valence-corrected chi connectivity index (χ1v) is 7.09. The topological polar surface area (TPSA) is 30.0 Å². The van der Waals surface area contributed by atoms with Crippen molar-refractivity contribution in [2.24, 2.45) is 0 Å². The Balaban J connectivity index is 2.04. The van der Waals surface area contributed by atoms with Crippen LogP contribution in [0.1, 0.15) is 27.2 Å². The lowest BCUT2D eigenvalue weighted by atomic mass is 9.97. The molecule has 1 heterocycles. The fraction of sp³-hybridized carbons (Fsp3) is 0.158. The van der Waals surface area contributed by atoms with Gasteiger partial charge in [0.1, 0.15) is 0 Å². The summed E-state index contributed by atoms with van der Waals surface area (Å²) in [4.78, 5) is 17.2. The number of fused-ring (bicyclic) bond motifs is 1. The highest BCUT2D eigenvalue weighted by atomic mass is 16.1. The van der Waals surface area contributed by atoms with Crippen molar-refractivity contribution in [3.8, 4) is 0 Å². The number of rotatable bonds is 3. The van der Waals surface area contributed by atoms with Crippen molar-refractivity contribution in [1.29, 1.82) is 0 Å². The van der Waals surface area contributed by atoms with E-state index >= 15 is 0 Å². The molecule has 0 atom stereocenters. The van der Waals surface area contributed by atoms with Crippen LogP contribution in [0, 0.1) is 13.8 Å². The van der Waals surface area contributed by atoms with E-state index in [9.17, 15) is 4.79 Å². The highest BCUT2D eigenvalue weighted by Gasteiger charge is 2.13. The molecule has 0 saturated carbocycles. The van der Waals surface area contributed by atoms with E-state index in [0.717, 1.165) is 33.3 Å². The van der Waals surface area contributed by atoms with Gasteiger partial charge < -0.3 is 0 Å². The van der Waals surface area contributed by atoms with E-state index in [0.29, 0.717) is 6.42 Å². The van der Waals surface area contributed by atoms with Gasteiger partial charge in [-0.1, -0.05) is 42.5 Å². The molecule has 0 aliphatic heterocycles. The van der Waals surface area contributed by atoms with Crippen molar-refractivity contribution < 1.29 is 4.79 Å². The van der Waals surface area contributed by atoms with Gasteiger partial charge in [-0.2, -0.15) is 0 Å². The first-order chi connectivity index (χ1) is 10.1. The molecule has 2 heteroatoms. The SMILES string of the molecule is Cc1cc(C(=O)Cc2ccccc2C)c2ccccc2n1. The Kier molecular flexibility index (Phi) is 3.53. The third-order valence-electron chi connectivity index (χ3n) is 3.76. The summed E-state index contributed by atoms with van der Waals surface area (Å²) in [7, 11) is 0. The van der Waals surface area contributed by atoms with Gasteiger partial charge in [-0.05, 0) is 37.1 Å². The van der Waals surface area contributed by atoms with Gasteiger partial charge in [-0.15, -0.1) is 0 Å². The molecule has 1 aromatic heterocycles. The second-order valence-electron chi connectivity index (χ2n) is 5.35. The van der Waals surface area contributed by atoms with Crippen molar-refractivity contribution >= 4 is 16.7 Å². The molecular formula is C19H17NO. The quantitative estimate of drug-likeness (QED) is 0.668. The van der Waals surface area contributed by atoms with E-state index in [-0.39, 0.29) is 5.78 Å². The van der Waals surface area contributed by atoms with E-state index in [1.807, 2.05) is 68.4 Å². The molecule has 0 aliphatic rings. The number of para-hydroxylation sites is 1. The maximum absolute atomic E-state index is 12.7. The average molecular weight is 275 g/mol. The van der Waals surface area contributed by atoms with Crippen LogP contribution in [0.3, 0.4) is 0 Å². The van der Waals surface area contributed by atoms with Crippen LogP contribution in [0.2, 0.25) is 0 Å². The number of carbonyl (C=O) groups is 1. The maximum Gasteiger partial charge on any atom is 0.167 e. The largest absolute Gasteiger partial charge is 0.294 e. The molecule has 3 rings (SSSR count). The molecule has 2 aromatic carbocycles. The molecule has 0 unspecified atom stereocenters. The molecule has 3 aromatic rings. The zero-order valence-electron chi connectivity index (χ0n) is 12.3. The molecule has 0 spiro atoms. The fourth-order valence-electron chi connectivity index (χ4n) is 2.62. The van der Waals surface area contributed by atoms with Crippen LogP contribution < -0.4 is 0 Å². The molecule has 0 radical (unpaired) electrons. The summed E-state index contributed by atoms with van der Waals surface area (Å²) >= 11 is 0. The predicted octanol–water partition coefficient (Wildman–Crippen LogP) is 4.28. The van der Waals surface area contributed by atoms with Crippen LogP contribution in [0.5, 0.6) is 0 Å². The van der Waals surface area contributed by atoms with Gasteiger partial charge in [0.15, 0.2) is 5.78 Å². The molecule has 0 saturated heterocycles. The lowest BCUT2D eigenvalue weighted by Gasteiger charge is -2.08. The number of pyridine rings is 1. The lowest BCUT2D eigenvalue weighted by molar-refractivity contribution is 0.0994. The number of hydrogen-bond acceptors (Lipinski definition) is 2. The summed E-state index contributed by atoms with van der Waals surface area (Å²) in [5.41, 5.74) is 4.76. The molecule has 0 N–H and O–H groups in total. The number of aryl methyl sites for hydroxylation is 2. The first-order valence-electron chi connectivity index (χ1n) is 7.09. The number of aromatic nitrogens is 1. The Bertz CT molecular complexity index is 821. The Morgan fingerprint density at radius 3 is 2.52 bits per heavy atom. The third kappa shape index (κ3) is 2.70. The summed E-state index contributed by atoms with van der Waals surface area (Å²) in [6.07, 6.45) is 0.431. The molecule has 0 amide bonds. The number of Topliss-reactive ketones (excluding diaryl/α,β-unsaturated/α-hetero) is 1. The summed E-state index contributed by atoms with van der Waals surface area (Å²) in [5.74, 6) is 0.144. The maximum atomic E-state index is 12.7. The molecule has 104 valence electrons. The van der Waals surface area contributed by atoms with Crippen molar-refractivity contribution in [2.45, 2.75) is 20.3 Å². The minimum atomic E-state index is 0.144. The number of nitrogens with zero attached hydrogens (tertiary/aromatic N) is 1. The van der Waals surface area contributed by atoms with Crippen molar-refractivity contribution in [3.05, 3.63) is 77.0 Å². The lowest BCUT2D eigenvalue weighted by Crippen LogP contribution is -2.06. The number of ketones is 1. The number of benzene rings is 2. The van der Waals surface area contributed by atoms with Gasteiger partial charge in [0.25, 0.3) is 0 Å². The molecule has 21 heavy (non-hydrogen) atoms. The van der Waals surface area contributed by atoms with Crippen LogP contribution in [0.25, 0.3) is 10.9 Å². The average Bonchev–Trinajstić information content (AvgIpc) is 2.48. The van der Waals surface area contributed by atoms with Crippen molar-refractivity contribution in [1.82, 2.24) is 4.98 Å². The van der Waals surface area contributed by atoms with Gasteiger partial charge >= 0.3 is 0 Å². The van der Waals surface area contributed by atoms with Gasteiger partial charge in [0.05, 0.1) is 5.52 Å². The molecule has 2 nitrogen and oxygen atoms in total. The molecule has 0 aliphatic carbocycles. The van der Waals surface area contributed by atoms with Crippen molar-refractivity contribution in [3.63, 3.8) is 0 Å². The van der Waals surface area contributed by atoms with E-state index in [4.69, 9.17) is 0 Å². The Labute approximate surface area is 124 Å². The van der Waals surface area contributed by atoms with E-state index < -0.39 is 0 Å². The van der Waals surface area contributed by atoms with Gasteiger partial charge in [-0.3, -0.25) is 9.78 Å². The summed E-state index contributed by atoms with van der Waals surface area (Å²) < 4.78 is 0. The minimum Gasteiger partial charge on any atom is -0.294 e. The van der Waals surface area contributed by atoms with Crippen LogP contribution >= 0.6 is 0 Å².